The lowest BCUT2D eigenvalue weighted by molar-refractivity contribution is 0.114. The standard InChI is InChI=1S/C12H18N2O3S/c1-9-4-5-12(11(13)7-9)18(15,16)14-8-10-3-2-6-17-10/h4-5,7,10,14H,2-3,6,8,13H2,1H3. The second-order valence-corrected chi connectivity index (χ2v) is 6.26. The van der Waals surface area contributed by atoms with E-state index in [-0.39, 0.29) is 16.7 Å². The third-order valence-electron chi connectivity index (χ3n) is 2.98. The fraction of sp³-hybridized carbons (Fsp3) is 0.500. The van der Waals surface area contributed by atoms with E-state index in [1.165, 1.54) is 6.07 Å². The minimum Gasteiger partial charge on any atom is -0.398 e. The van der Waals surface area contributed by atoms with E-state index in [9.17, 15) is 8.42 Å². The Morgan fingerprint density at radius 2 is 2.28 bits per heavy atom. The van der Waals surface area contributed by atoms with E-state index < -0.39 is 10.0 Å². The fourth-order valence-electron chi connectivity index (χ4n) is 2.00. The monoisotopic (exact) mass is 270 g/mol. The lowest BCUT2D eigenvalue weighted by Gasteiger charge is -2.12. The van der Waals surface area contributed by atoms with Crippen LogP contribution in [0.5, 0.6) is 0 Å². The van der Waals surface area contributed by atoms with Crippen LogP contribution in [0, 0.1) is 6.92 Å². The van der Waals surface area contributed by atoms with Crippen molar-refractivity contribution in [2.75, 3.05) is 18.9 Å². The fourth-order valence-corrected chi connectivity index (χ4v) is 3.18. The molecule has 0 spiro atoms. The van der Waals surface area contributed by atoms with Crippen molar-refractivity contribution in [3.05, 3.63) is 23.8 Å². The van der Waals surface area contributed by atoms with Crippen molar-refractivity contribution in [3.8, 4) is 0 Å². The van der Waals surface area contributed by atoms with Crippen LogP contribution in [-0.4, -0.2) is 27.7 Å². The molecular formula is C12H18N2O3S. The van der Waals surface area contributed by atoms with Gasteiger partial charge in [0.1, 0.15) is 4.90 Å². The van der Waals surface area contributed by atoms with Crippen molar-refractivity contribution in [2.45, 2.75) is 30.8 Å². The Morgan fingerprint density at radius 3 is 2.89 bits per heavy atom. The zero-order valence-electron chi connectivity index (χ0n) is 10.3. The molecule has 1 atom stereocenters. The summed E-state index contributed by atoms with van der Waals surface area (Å²) in [6.45, 7) is 2.88. The molecule has 1 aromatic rings. The van der Waals surface area contributed by atoms with Crippen LogP contribution in [0.2, 0.25) is 0 Å². The minimum absolute atomic E-state index is 0.0218. The minimum atomic E-state index is -3.55. The topological polar surface area (TPSA) is 81.4 Å². The summed E-state index contributed by atoms with van der Waals surface area (Å²) in [4.78, 5) is 0.131. The number of nitrogen functional groups attached to an aromatic ring is 1. The molecule has 1 fully saturated rings. The van der Waals surface area contributed by atoms with Gasteiger partial charge in [0.05, 0.1) is 11.8 Å². The third-order valence-corrected chi connectivity index (χ3v) is 4.48. The predicted molar refractivity (Wildman–Crippen MR) is 69.8 cm³/mol. The van der Waals surface area contributed by atoms with Crippen molar-refractivity contribution in [3.63, 3.8) is 0 Å². The highest BCUT2D eigenvalue weighted by Gasteiger charge is 2.21. The number of nitrogens with one attached hydrogen (secondary N) is 1. The number of benzene rings is 1. The van der Waals surface area contributed by atoms with Crippen LogP contribution < -0.4 is 10.5 Å². The summed E-state index contributed by atoms with van der Waals surface area (Å²) in [5.41, 5.74) is 6.95. The van der Waals surface area contributed by atoms with Gasteiger partial charge >= 0.3 is 0 Å². The first-order valence-electron chi connectivity index (χ1n) is 5.96. The Morgan fingerprint density at radius 1 is 1.50 bits per heavy atom. The maximum atomic E-state index is 12.1. The molecule has 0 aromatic heterocycles. The molecule has 1 aliphatic rings. The zero-order valence-corrected chi connectivity index (χ0v) is 11.2. The molecule has 0 radical (unpaired) electrons. The normalized spacial score (nSPS) is 20.2. The van der Waals surface area contributed by atoms with Gasteiger partial charge in [-0.3, -0.25) is 0 Å². The van der Waals surface area contributed by atoms with Gasteiger partial charge in [-0.25, -0.2) is 13.1 Å². The molecule has 0 amide bonds. The molecule has 18 heavy (non-hydrogen) atoms. The Bertz CT molecular complexity index is 522. The first-order chi connectivity index (χ1) is 8.49. The van der Waals surface area contributed by atoms with Gasteiger partial charge in [0, 0.05) is 13.2 Å². The van der Waals surface area contributed by atoms with Gasteiger partial charge in [-0.2, -0.15) is 0 Å². The predicted octanol–water partition coefficient (Wildman–Crippen LogP) is 1.03. The summed E-state index contributed by atoms with van der Waals surface area (Å²) in [7, 11) is -3.55. The molecule has 3 N–H and O–H groups in total. The Labute approximate surface area is 107 Å². The number of nitrogens with two attached hydrogens (primary N) is 1. The second-order valence-electron chi connectivity index (χ2n) is 4.53. The van der Waals surface area contributed by atoms with Crippen LogP contribution in [0.15, 0.2) is 23.1 Å². The molecule has 5 nitrogen and oxygen atoms in total. The first-order valence-corrected chi connectivity index (χ1v) is 7.45. The van der Waals surface area contributed by atoms with Gasteiger partial charge in [0.25, 0.3) is 0 Å². The summed E-state index contributed by atoms with van der Waals surface area (Å²) < 4.78 is 32.1. The van der Waals surface area contributed by atoms with E-state index in [4.69, 9.17) is 10.5 Å². The molecule has 1 aliphatic heterocycles. The molecule has 0 aliphatic carbocycles. The van der Waals surface area contributed by atoms with Crippen LogP contribution in [0.25, 0.3) is 0 Å². The number of anilines is 1. The largest absolute Gasteiger partial charge is 0.398 e. The number of aryl methyl sites for hydroxylation is 1. The van der Waals surface area contributed by atoms with Crippen LogP contribution in [0.3, 0.4) is 0 Å². The summed E-state index contributed by atoms with van der Waals surface area (Å²) >= 11 is 0. The quantitative estimate of drug-likeness (QED) is 0.801. The smallest absolute Gasteiger partial charge is 0.242 e. The van der Waals surface area contributed by atoms with E-state index in [1.807, 2.05) is 6.92 Å². The summed E-state index contributed by atoms with van der Waals surface area (Å²) in [6, 6.07) is 4.92. The van der Waals surface area contributed by atoms with E-state index in [0.29, 0.717) is 13.2 Å². The molecule has 1 aromatic carbocycles. The Hall–Kier alpha value is -1.11. The average molecular weight is 270 g/mol. The zero-order chi connectivity index (χ0) is 13.2. The van der Waals surface area contributed by atoms with E-state index in [2.05, 4.69) is 4.72 Å². The Kier molecular flexibility index (Phi) is 3.89. The van der Waals surface area contributed by atoms with Crippen LogP contribution >= 0.6 is 0 Å². The lowest BCUT2D eigenvalue weighted by atomic mass is 10.2. The number of rotatable bonds is 4. The summed E-state index contributed by atoms with van der Waals surface area (Å²) in [5, 5.41) is 0. The van der Waals surface area contributed by atoms with Crippen molar-refractivity contribution >= 4 is 15.7 Å². The van der Waals surface area contributed by atoms with Gasteiger partial charge in [-0.1, -0.05) is 6.07 Å². The van der Waals surface area contributed by atoms with Crippen molar-refractivity contribution in [1.82, 2.24) is 4.72 Å². The van der Waals surface area contributed by atoms with Gasteiger partial charge in [-0.05, 0) is 37.5 Å². The highest BCUT2D eigenvalue weighted by Crippen LogP contribution is 2.19. The van der Waals surface area contributed by atoms with Crippen LogP contribution in [0.4, 0.5) is 5.69 Å². The molecular weight excluding hydrogens is 252 g/mol. The lowest BCUT2D eigenvalue weighted by Crippen LogP contribution is -2.32. The van der Waals surface area contributed by atoms with E-state index in [0.717, 1.165) is 18.4 Å². The summed E-state index contributed by atoms with van der Waals surface area (Å²) in [5.74, 6) is 0. The van der Waals surface area contributed by atoms with E-state index in [1.54, 1.807) is 12.1 Å². The maximum absolute atomic E-state index is 12.1. The maximum Gasteiger partial charge on any atom is 0.242 e. The molecule has 2 rings (SSSR count). The number of hydrogen-bond donors (Lipinski definition) is 2. The van der Waals surface area contributed by atoms with Crippen molar-refractivity contribution < 1.29 is 13.2 Å². The third kappa shape index (κ3) is 3.01. The van der Waals surface area contributed by atoms with Crippen LogP contribution in [-0.2, 0) is 14.8 Å². The van der Waals surface area contributed by atoms with Gasteiger partial charge in [0.2, 0.25) is 10.0 Å². The molecule has 1 saturated heterocycles. The first kappa shape index (κ1) is 13.3. The molecule has 0 bridgehead atoms. The second kappa shape index (κ2) is 5.26. The van der Waals surface area contributed by atoms with E-state index >= 15 is 0 Å². The highest BCUT2D eigenvalue weighted by molar-refractivity contribution is 7.89. The van der Waals surface area contributed by atoms with Crippen molar-refractivity contribution in [1.29, 1.82) is 0 Å². The SMILES string of the molecule is Cc1ccc(S(=O)(=O)NCC2CCCO2)c(N)c1. The van der Waals surface area contributed by atoms with Gasteiger partial charge in [-0.15, -0.1) is 0 Å². The van der Waals surface area contributed by atoms with Crippen molar-refractivity contribution in [2.24, 2.45) is 0 Å². The molecule has 100 valence electrons. The number of hydrogen-bond acceptors (Lipinski definition) is 4. The van der Waals surface area contributed by atoms with Gasteiger partial charge < -0.3 is 10.5 Å². The molecule has 0 saturated carbocycles. The molecule has 1 heterocycles. The number of sulfonamides is 1. The highest BCUT2D eigenvalue weighted by atomic mass is 32.2. The Balaban J connectivity index is 2.09. The average Bonchev–Trinajstić information content (AvgIpc) is 2.78. The summed E-state index contributed by atoms with van der Waals surface area (Å²) in [6.07, 6.45) is 1.86. The van der Waals surface area contributed by atoms with Gasteiger partial charge in [0.15, 0.2) is 0 Å². The number of ether oxygens (including phenoxy) is 1. The molecule has 1 unspecified atom stereocenters. The van der Waals surface area contributed by atoms with Crippen LogP contribution in [0.1, 0.15) is 18.4 Å². The molecule has 6 heteroatoms.